The lowest BCUT2D eigenvalue weighted by Gasteiger charge is -2.26. The molecular weight excluding hydrogens is 380 g/mol. The first-order valence-corrected chi connectivity index (χ1v) is 14.6. The summed E-state index contributed by atoms with van der Waals surface area (Å²) in [4.78, 5) is 0. The molecule has 0 spiro atoms. The molecule has 0 aromatic rings. The van der Waals surface area contributed by atoms with Gasteiger partial charge in [-0.3, -0.25) is 0 Å². The second-order valence-corrected chi connectivity index (χ2v) is 10.4. The number of ether oxygens (including phenoxy) is 1. The van der Waals surface area contributed by atoms with E-state index in [4.69, 9.17) is 4.74 Å². The highest BCUT2D eigenvalue weighted by atomic mass is 16.6. The molecule has 1 aliphatic carbocycles. The van der Waals surface area contributed by atoms with Crippen molar-refractivity contribution in [2.75, 3.05) is 6.61 Å². The molecule has 0 aromatic carbocycles. The first kappa shape index (κ1) is 29.0. The minimum Gasteiger partial charge on any atom is -0.368 e. The standard InChI is InChI=1S/C29H58O2/c1-2-3-4-5-6-7-8-9-10-11-12-13-14-15-16-17-18-19-20-24-27-31-29(30)28-25-22-21-23-26-28/h28-30H,2-27H2,1H3. The van der Waals surface area contributed by atoms with E-state index in [0.29, 0.717) is 5.92 Å². The SMILES string of the molecule is CCCCCCCCCCCCCCCCCCCCCCOC(O)C1CCCCC1. The summed E-state index contributed by atoms with van der Waals surface area (Å²) in [5.41, 5.74) is 0. The zero-order valence-corrected chi connectivity index (χ0v) is 21.4. The molecule has 2 heteroatoms. The highest BCUT2D eigenvalue weighted by Gasteiger charge is 2.21. The van der Waals surface area contributed by atoms with E-state index in [2.05, 4.69) is 6.92 Å². The van der Waals surface area contributed by atoms with Crippen molar-refractivity contribution in [2.45, 2.75) is 174 Å². The van der Waals surface area contributed by atoms with Gasteiger partial charge in [0, 0.05) is 12.5 Å². The zero-order chi connectivity index (χ0) is 22.2. The molecule has 0 aliphatic heterocycles. The van der Waals surface area contributed by atoms with Gasteiger partial charge in [0.05, 0.1) is 0 Å². The summed E-state index contributed by atoms with van der Waals surface area (Å²) in [5.74, 6) is 0.402. The zero-order valence-electron chi connectivity index (χ0n) is 21.4. The number of hydrogen-bond donors (Lipinski definition) is 1. The fourth-order valence-corrected chi connectivity index (χ4v) is 5.12. The quantitative estimate of drug-likeness (QED) is 0.127. The second kappa shape index (κ2) is 23.1. The van der Waals surface area contributed by atoms with Gasteiger partial charge >= 0.3 is 0 Å². The van der Waals surface area contributed by atoms with Crippen molar-refractivity contribution in [3.63, 3.8) is 0 Å². The van der Waals surface area contributed by atoms with E-state index in [1.54, 1.807) is 0 Å². The molecule has 1 fully saturated rings. The Morgan fingerprint density at radius 2 is 0.903 bits per heavy atom. The average molecular weight is 439 g/mol. The fraction of sp³-hybridized carbons (Fsp3) is 1.00. The first-order valence-electron chi connectivity index (χ1n) is 14.6. The summed E-state index contributed by atoms with van der Waals surface area (Å²) in [6, 6.07) is 0. The van der Waals surface area contributed by atoms with E-state index in [1.807, 2.05) is 0 Å². The van der Waals surface area contributed by atoms with Crippen LogP contribution < -0.4 is 0 Å². The van der Waals surface area contributed by atoms with Gasteiger partial charge in [0.2, 0.25) is 0 Å². The van der Waals surface area contributed by atoms with Crippen LogP contribution in [0.2, 0.25) is 0 Å². The van der Waals surface area contributed by atoms with Crippen LogP contribution in [-0.2, 0) is 4.74 Å². The number of rotatable bonds is 23. The maximum Gasteiger partial charge on any atom is 0.157 e. The Morgan fingerprint density at radius 1 is 0.548 bits per heavy atom. The molecule has 0 bridgehead atoms. The lowest BCUT2D eigenvalue weighted by molar-refractivity contribution is -0.141. The van der Waals surface area contributed by atoms with Crippen LogP contribution in [0.5, 0.6) is 0 Å². The van der Waals surface area contributed by atoms with E-state index in [9.17, 15) is 5.11 Å². The Bertz CT molecular complexity index is 338. The molecular formula is C29H58O2. The van der Waals surface area contributed by atoms with Crippen LogP contribution in [0, 0.1) is 5.92 Å². The Labute approximate surface area is 196 Å². The first-order chi connectivity index (χ1) is 15.3. The Kier molecular flexibility index (Phi) is 21.6. The van der Waals surface area contributed by atoms with E-state index in [-0.39, 0.29) is 0 Å². The van der Waals surface area contributed by atoms with Crippen LogP contribution in [0.3, 0.4) is 0 Å². The highest BCUT2D eigenvalue weighted by Crippen LogP contribution is 2.27. The Morgan fingerprint density at radius 3 is 1.29 bits per heavy atom. The molecule has 1 unspecified atom stereocenters. The summed E-state index contributed by atoms with van der Waals surface area (Å²) in [6.45, 7) is 3.04. The second-order valence-electron chi connectivity index (χ2n) is 10.4. The third kappa shape index (κ3) is 19.1. The summed E-state index contributed by atoms with van der Waals surface area (Å²) in [5, 5.41) is 10.1. The minimum absolute atomic E-state index is 0.402. The third-order valence-corrected chi connectivity index (χ3v) is 7.34. The van der Waals surface area contributed by atoms with Gasteiger partial charge < -0.3 is 9.84 Å². The molecule has 31 heavy (non-hydrogen) atoms. The van der Waals surface area contributed by atoms with Crippen molar-refractivity contribution in [2.24, 2.45) is 5.92 Å². The predicted molar refractivity (Wildman–Crippen MR) is 137 cm³/mol. The van der Waals surface area contributed by atoms with Gasteiger partial charge in [0.25, 0.3) is 0 Å². The van der Waals surface area contributed by atoms with Crippen LogP contribution in [0.1, 0.15) is 167 Å². The third-order valence-electron chi connectivity index (χ3n) is 7.34. The van der Waals surface area contributed by atoms with Gasteiger partial charge in [-0.2, -0.15) is 0 Å². The van der Waals surface area contributed by atoms with E-state index in [1.165, 1.54) is 141 Å². The molecule has 2 nitrogen and oxygen atoms in total. The lowest BCUT2D eigenvalue weighted by Crippen LogP contribution is -2.26. The smallest absolute Gasteiger partial charge is 0.157 e. The van der Waals surface area contributed by atoms with Crippen molar-refractivity contribution >= 4 is 0 Å². The van der Waals surface area contributed by atoms with Crippen LogP contribution in [0.4, 0.5) is 0 Å². The number of hydrogen-bond acceptors (Lipinski definition) is 2. The number of aliphatic hydroxyl groups is 1. The molecule has 1 N–H and O–H groups in total. The van der Waals surface area contributed by atoms with Crippen LogP contribution in [0.15, 0.2) is 0 Å². The molecule has 1 aliphatic rings. The molecule has 0 aromatic heterocycles. The van der Waals surface area contributed by atoms with Gasteiger partial charge in [-0.05, 0) is 19.3 Å². The van der Waals surface area contributed by atoms with Crippen molar-refractivity contribution in [1.82, 2.24) is 0 Å². The molecule has 1 atom stereocenters. The lowest BCUT2D eigenvalue weighted by atomic mass is 9.89. The molecule has 186 valence electrons. The van der Waals surface area contributed by atoms with Crippen molar-refractivity contribution in [3.05, 3.63) is 0 Å². The fourth-order valence-electron chi connectivity index (χ4n) is 5.12. The molecule has 1 saturated carbocycles. The van der Waals surface area contributed by atoms with Gasteiger partial charge in [-0.25, -0.2) is 0 Å². The van der Waals surface area contributed by atoms with E-state index >= 15 is 0 Å². The largest absolute Gasteiger partial charge is 0.368 e. The van der Waals surface area contributed by atoms with Crippen molar-refractivity contribution in [3.8, 4) is 0 Å². The minimum atomic E-state index is -0.499. The topological polar surface area (TPSA) is 29.5 Å². The van der Waals surface area contributed by atoms with Gasteiger partial charge in [-0.1, -0.05) is 148 Å². The monoisotopic (exact) mass is 438 g/mol. The van der Waals surface area contributed by atoms with Gasteiger partial charge in [0.1, 0.15) is 0 Å². The van der Waals surface area contributed by atoms with E-state index < -0.39 is 6.29 Å². The number of unbranched alkanes of at least 4 members (excludes halogenated alkanes) is 19. The normalized spacial score (nSPS) is 16.1. The summed E-state index contributed by atoms with van der Waals surface area (Å²) >= 11 is 0. The summed E-state index contributed by atoms with van der Waals surface area (Å²) in [6.07, 6.45) is 33.9. The van der Waals surface area contributed by atoms with Crippen LogP contribution in [-0.4, -0.2) is 18.0 Å². The van der Waals surface area contributed by atoms with Crippen LogP contribution in [0.25, 0.3) is 0 Å². The molecule has 0 saturated heterocycles. The van der Waals surface area contributed by atoms with E-state index in [0.717, 1.165) is 25.9 Å². The van der Waals surface area contributed by atoms with Crippen molar-refractivity contribution in [1.29, 1.82) is 0 Å². The maximum absolute atomic E-state index is 10.1. The highest BCUT2D eigenvalue weighted by molar-refractivity contribution is 4.67. The van der Waals surface area contributed by atoms with Gasteiger partial charge in [0.15, 0.2) is 6.29 Å². The van der Waals surface area contributed by atoms with Crippen molar-refractivity contribution < 1.29 is 9.84 Å². The maximum atomic E-state index is 10.1. The predicted octanol–water partition coefficient (Wildman–Crippen LogP) is 9.72. The molecule has 0 radical (unpaired) electrons. The molecule has 1 rings (SSSR count). The molecule has 0 heterocycles. The number of aliphatic hydroxyl groups excluding tert-OH is 1. The summed E-state index contributed by atoms with van der Waals surface area (Å²) in [7, 11) is 0. The summed E-state index contributed by atoms with van der Waals surface area (Å²) < 4.78 is 5.67. The Balaban J connectivity index is 1.67. The Hall–Kier alpha value is -0.0800. The molecule has 0 amide bonds. The van der Waals surface area contributed by atoms with Crippen LogP contribution >= 0.6 is 0 Å². The van der Waals surface area contributed by atoms with Gasteiger partial charge in [-0.15, -0.1) is 0 Å². The average Bonchev–Trinajstić information content (AvgIpc) is 2.80.